The Morgan fingerprint density at radius 1 is 0.971 bits per heavy atom. The van der Waals surface area contributed by atoms with Crippen molar-refractivity contribution in [1.29, 1.82) is 0 Å². The first-order valence-electron chi connectivity index (χ1n) is 10.6. The van der Waals surface area contributed by atoms with Crippen LogP contribution in [0.15, 0.2) is 54.7 Å². The van der Waals surface area contributed by atoms with Gasteiger partial charge in [0.25, 0.3) is 0 Å². The number of aromatic nitrogens is 6. The van der Waals surface area contributed by atoms with Crippen molar-refractivity contribution in [1.82, 2.24) is 29.5 Å². The molecule has 34 heavy (non-hydrogen) atoms. The molecule has 2 aromatic carbocycles. The Hall–Kier alpha value is -4.34. The lowest BCUT2D eigenvalue weighted by Crippen LogP contribution is -2.07. The first-order chi connectivity index (χ1) is 16.4. The molecule has 0 spiro atoms. The first-order valence-corrected chi connectivity index (χ1v) is 10.6. The molecule has 5 rings (SSSR count). The maximum Gasteiger partial charge on any atom is 0.215 e. The van der Waals surface area contributed by atoms with E-state index >= 15 is 0 Å². The SMILES string of the molecule is CCOc1cc(F)c(Cn2nc(-c3nc(O)cc(-c4ccn(C)n4)n3)c3ccccc32)c(F)c1. The molecule has 3 heterocycles. The molecule has 172 valence electrons. The highest BCUT2D eigenvalue weighted by Crippen LogP contribution is 2.30. The number of aryl methyl sites for hydroxylation is 1. The van der Waals surface area contributed by atoms with Gasteiger partial charge < -0.3 is 9.84 Å². The largest absolute Gasteiger partial charge is 0.494 e. The highest BCUT2D eigenvalue weighted by atomic mass is 19.1. The number of halogens is 2. The molecule has 0 amide bonds. The maximum absolute atomic E-state index is 14.7. The number of hydrogen-bond acceptors (Lipinski definition) is 6. The molecule has 0 bridgehead atoms. The van der Waals surface area contributed by atoms with E-state index in [4.69, 9.17) is 4.74 Å². The molecule has 0 atom stereocenters. The van der Waals surface area contributed by atoms with Crippen molar-refractivity contribution in [2.75, 3.05) is 6.61 Å². The summed E-state index contributed by atoms with van der Waals surface area (Å²) >= 11 is 0. The summed E-state index contributed by atoms with van der Waals surface area (Å²) in [4.78, 5) is 8.68. The topological polar surface area (TPSA) is 90.9 Å². The zero-order valence-corrected chi connectivity index (χ0v) is 18.4. The van der Waals surface area contributed by atoms with Gasteiger partial charge in [-0.05, 0) is 19.1 Å². The molecule has 3 aromatic heterocycles. The minimum absolute atomic E-state index is 0.127. The number of para-hydroxylation sites is 1. The summed E-state index contributed by atoms with van der Waals surface area (Å²) in [5, 5.41) is 19.8. The van der Waals surface area contributed by atoms with E-state index in [2.05, 4.69) is 20.2 Å². The van der Waals surface area contributed by atoms with Crippen molar-refractivity contribution in [3.63, 3.8) is 0 Å². The molecule has 10 heteroatoms. The fourth-order valence-corrected chi connectivity index (χ4v) is 3.77. The molecule has 0 saturated carbocycles. The van der Waals surface area contributed by atoms with E-state index in [9.17, 15) is 13.9 Å². The summed E-state index contributed by atoms with van der Waals surface area (Å²) in [6.45, 7) is 1.89. The van der Waals surface area contributed by atoms with Gasteiger partial charge in [-0.1, -0.05) is 18.2 Å². The van der Waals surface area contributed by atoms with Crippen LogP contribution in [0.1, 0.15) is 12.5 Å². The predicted molar refractivity (Wildman–Crippen MR) is 121 cm³/mol. The molecule has 0 aliphatic heterocycles. The highest BCUT2D eigenvalue weighted by Gasteiger charge is 2.20. The molecule has 8 nitrogen and oxygen atoms in total. The lowest BCUT2D eigenvalue weighted by Gasteiger charge is -2.09. The van der Waals surface area contributed by atoms with Crippen LogP contribution >= 0.6 is 0 Å². The molecule has 0 radical (unpaired) electrons. The van der Waals surface area contributed by atoms with Crippen molar-refractivity contribution in [3.8, 4) is 34.5 Å². The Morgan fingerprint density at radius 3 is 2.44 bits per heavy atom. The molecular weight excluding hydrogens is 442 g/mol. The maximum atomic E-state index is 14.7. The lowest BCUT2D eigenvalue weighted by molar-refractivity contribution is 0.335. The third-order valence-electron chi connectivity index (χ3n) is 5.29. The van der Waals surface area contributed by atoms with Gasteiger partial charge in [-0.15, -0.1) is 0 Å². The molecule has 0 unspecified atom stereocenters. The van der Waals surface area contributed by atoms with E-state index in [1.807, 2.05) is 12.1 Å². The second kappa shape index (κ2) is 8.54. The van der Waals surface area contributed by atoms with E-state index in [-0.39, 0.29) is 29.6 Å². The van der Waals surface area contributed by atoms with Gasteiger partial charge >= 0.3 is 0 Å². The number of nitrogens with zero attached hydrogens (tertiary/aromatic N) is 6. The summed E-state index contributed by atoms with van der Waals surface area (Å²) in [5.41, 5.74) is 1.84. The lowest BCUT2D eigenvalue weighted by atomic mass is 10.1. The Labute approximate surface area is 193 Å². The van der Waals surface area contributed by atoms with Crippen LogP contribution in [0.25, 0.3) is 33.8 Å². The van der Waals surface area contributed by atoms with Gasteiger partial charge in [0.1, 0.15) is 28.8 Å². The van der Waals surface area contributed by atoms with Crippen molar-refractivity contribution in [3.05, 3.63) is 71.9 Å². The quantitative estimate of drug-likeness (QED) is 0.404. The van der Waals surface area contributed by atoms with E-state index in [1.165, 1.54) is 10.7 Å². The van der Waals surface area contributed by atoms with Crippen LogP contribution in [0, 0.1) is 11.6 Å². The molecule has 1 N–H and O–H groups in total. The number of benzene rings is 2. The second-order valence-corrected chi connectivity index (χ2v) is 7.63. The van der Waals surface area contributed by atoms with Crippen LogP contribution in [0.5, 0.6) is 11.6 Å². The van der Waals surface area contributed by atoms with Gasteiger partial charge in [0.05, 0.1) is 24.4 Å². The van der Waals surface area contributed by atoms with E-state index in [0.717, 1.165) is 12.1 Å². The summed E-state index contributed by atoms with van der Waals surface area (Å²) in [6, 6.07) is 12.7. The third-order valence-corrected chi connectivity index (χ3v) is 5.29. The Kier molecular flexibility index (Phi) is 5.40. The van der Waals surface area contributed by atoms with Crippen molar-refractivity contribution in [2.45, 2.75) is 13.5 Å². The predicted octanol–water partition coefficient (Wildman–Crippen LogP) is 4.32. The van der Waals surface area contributed by atoms with Gasteiger partial charge in [0, 0.05) is 42.4 Å². The summed E-state index contributed by atoms with van der Waals surface area (Å²) in [5.74, 6) is -1.40. The summed E-state index contributed by atoms with van der Waals surface area (Å²) < 4.78 is 37.8. The van der Waals surface area contributed by atoms with Crippen molar-refractivity contribution < 1.29 is 18.6 Å². The number of aromatic hydroxyl groups is 1. The van der Waals surface area contributed by atoms with Crippen molar-refractivity contribution in [2.24, 2.45) is 7.05 Å². The normalized spacial score (nSPS) is 11.3. The molecule has 0 fully saturated rings. The zero-order valence-electron chi connectivity index (χ0n) is 18.4. The molecule has 0 saturated heterocycles. The van der Waals surface area contributed by atoms with Gasteiger partial charge in [-0.2, -0.15) is 15.2 Å². The zero-order chi connectivity index (χ0) is 23.8. The molecule has 0 aliphatic rings. The Balaban J connectivity index is 1.61. The van der Waals surface area contributed by atoms with E-state index < -0.39 is 11.6 Å². The van der Waals surface area contributed by atoms with Crippen LogP contribution < -0.4 is 4.74 Å². The fraction of sp³-hybridized carbons (Fsp3) is 0.167. The number of ether oxygens (including phenoxy) is 1. The van der Waals surface area contributed by atoms with Crippen molar-refractivity contribution >= 4 is 10.9 Å². The number of hydrogen-bond donors (Lipinski definition) is 1. The smallest absolute Gasteiger partial charge is 0.215 e. The average molecular weight is 462 g/mol. The fourth-order valence-electron chi connectivity index (χ4n) is 3.77. The molecule has 0 aliphatic carbocycles. The van der Waals surface area contributed by atoms with Crippen LogP contribution in [-0.4, -0.2) is 41.2 Å². The molecule has 5 aromatic rings. The second-order valence-electron chi connectivity index (χ2n) is 7.63. The minimum atomic E-state index is -0.726. The third kappa shape index (κ3) is 3.94. The minimum Gasteiger partial charge on any atom is -0.494 e. The Morgan fingerprint density at radius 2 is 1.74 bits per heavy atom. The van der Waals surface area contributed by atoms with Gasteiger partial charge in [-0.3, -0.25) is 9.36 Å². The average Bonchev–Trinajstić information content (AvgIpc) is 3.40. The van der Waals surface area contributed by atoms with E-state index in [1.54, 1.807) is 43.0 Å². The number of fused-ring (bicyclic) bond motifs is 1. The number of rotatable bonds is 6. The molecular formula is C24H20F2N6O2. The van der Waals surface area contributed by atoms with Gasteiger partial charge in [0.2, 0.25) is 5.88 Å². The first kappa shape index (κ1) is 21.5. The van der Waals surface area contributed by atoms with Gasteiger partial charge in [0.15, 0.2) is 5.82 Å². The van der Waals surface area contributed by atoms with Crippen LogP contribution in [-0.2, 0) is 13.6 Å². The van der Waals surface area contributed by atoms with Crippen LogP contribution in [0.4, 0.5) is 8.78 Å². The summed E-state index contributed by atoms with van der Waals surface area (Å²) in [7, 11) is 1.78. The van der Waals surface area contributed by atoms with Crippen LogP contribution in [0.3, 0.4) is 0 Å². The highest BCUT2D eigenvalue weighted by molar-refractivity contribution is 5.92. The van der Waals surface area contributed by atoms with Crippen LogP contribution in [0.2, 0.25) is 0 Å². The van der Waals surface area contributed by atoms with Gasteiger partial charge in [-0.25, -0.2) is 13.8 Å². The standard InChI is InChI=1S/C24H20F2N6O2/c1-3-34-14-10-17(25)16(18(26)11-14)13-32-21-7-5-4-6-15(21)23(30-32)24-27-20(12-22(33)28-24)19-8-9-31(2)29-19/h4-12H,3,13H2,1-2H3,(H,27,28,33). The monoisotopic (exact) mass is 462 g/mol. The summed E-state index contributed by atoms with van der Waals surface area (Å²) in [6.07, 6.45) is 1.76. The Bertz CT molecular complexity index is 1490. The van der Waals surface area contributed by atoms with E-state index in [0.29, 0.717) is 34.6 Å².